The topological polar surface area (TPSA) is 36.9 Å². The van der Waals surface area contributed by atoms with Crippen LogP contribution < -0.4 is 0 Å². The Morgan fingerprint density at radius 2 is 1.71 bits per heavy atom. The van der Waals surface area contributed by atoms with Gasteiger partial charge in [-0.3, -0.25) is 14.2 Å². The van der Waals surface area contributed by atoms with Gasteiger partial charge in [0.15, 0.2) is 0 Å². The van der Waals surface area contributed by atoms with Crippen LogP contribution in [0.1, 0.15) is 6.92 Å². The Labute approximate surface area is 99.5 Å². The Kier molecular flexibility index (Phi) is 3.51. The van der Waals surface area contributed by atoms with Gasteiger partial charge < -0.3 is 4.74 Å². The van der Waals surface area contributed by atoms with Crippen LogP contribution in [0.2, 0.25) is 0 Å². The molecule has 4 nitrogen and oxygen atoms in total. The molecule has 3 unspecified atom stereocenters. The third-order valence-corrected chi connectivity index (χ3v) is 3.43. The summed E-state index contributed by atoms with van der Waals surface area (Å²) in [6.07, 6.45) is -1.32. The van der Waals surface area contributed by atoms with Crippen LogP contribution in [0.4, 0.5) is 0 Å². The van der Waals surface area contributed by atoms with E-state index in [9.17, 15) is 0 Å². The summed E-state index contributed by atoms with van der Waals surface area (Å²) >= 11 is 6.73. The number of hydrogen-bond acceptors (Lipinski definition) is 4. The van der Waals surface area contributed by atoms with E-state index in [4.69, 9.17) is 18.9 Å². The van der Waals surface area contributed by atoms with E-state index in [1.54, 1.807) is 0 Å². The lowest BCUT2D eigenvalue weighted by molar-refractivity contribution is -0.433. The summed E-state index contributed by atoms with van der Waals surface area (Å²) in [5.74, 6) is 0. The molecule has 0 radical (unpaired) electrons. The number of rotatable bonds is 2. The first-order valence-corrected chi connectivity index (χ1v) is 6.73. The second-order valence-electron chi connectivity index (χ2n) is 3.36. The molecule has 14 heavy (non-hydrogen) atoms. The van der Waals surface area contributed by atoms with Crippen LogP contribution in [0.5, 0.6) is 0 Å². The van der Waals surface area contributed by atoms with Crippen molar-refractivity contribution in [1.82, 2.24) is 0 Å². The van der Waals surface area contributed by atoms with Crippen LogP contribution >= 0.6 is 31.9 Å². The van der Waals surface area contributed by atoms with Crippen molar-refractivity contribution in [3.05, 3.63) is 0 Å². The smallest absolute Gasteiger partial charge is 0.301 e. The molecule has 0 aromatic heterocycles. The Morgan fingerprint density at radius 1 is 1.14 bits per heavy atom. The summed E-state index contributed by atoms with van der Waals surface area (Å²) < 4.78 is 22.0. The van der Waals surface area contributed by atoms with Crippen molar-refractivity contribution in [2.24, 2.45) is 0 Å². The summed E-state index contributed by atoms with van der Waals surface area (Å²) in [6, 6.07) is 0. The molecule has 3 atom stereocenters. The Morgan fingerprint density at radius 3 is 2.07 bits per heavy atom. The summed E-state index contributed by atoms with van der Waals surface area (Å²) in [6.45, 7) is 2.43. The van der Waals surface area contributed by atoms with E-state index in [1.807, 2.05) is 6.92 Å². The fourth-order valence-corrected chi connectivity index (χ4v) is 2.57. The lowest BCUT2D eigenvalue weighted by Crippen LogP contribution is -2.32. The van der Waals surface area contributed by atoms with Gasteiger partial charge in [-0.2, -0.15) is 0 Å². The molecule has 82 valence electrons. The molecule has 1 spiro atoms. The lowest BCUT2D eigenvalue weighted by Gasteiger charge is -2.19. The predicted molar refractivity (Wildman–Crippen MR) is 56.6 cm³/mol. The summed E-state index contributed by atoms with van der Waals surface area (Å²) in [4.78, 5) is 0. The molecule has 0 aromatic carbocycles. The van der Waals surface area contributed by atoms with Gasteiger partial charge in [-0.1, -0.05) is 31.9 Å². The van der Waals surface area contributed by atoms with Crippen molar-refractivity contribution in [2.75, 3.05) is 17.3 Å². The van der Waals surface area contributed by atoms with Gasteiger partial charge in [0.1, 0.15) is 12.2 Å². The average Bonchev–Trinajstić information content (AvgIpc) is 2.71. The first-order valence-electron chi connectivity index (χ1n) is 4.48. The molecule has 0 amide bonds. The highest BCUT2D eigenvalue weighted by atomic mass is 79.9. The Bertz CT molecular complexity index is 202. The SMILES string of the molecule is CC1COC2(O1)OC(CBr)C(CBr)O2. The highest BCUT2D eigenvalue weighted by Gasteiger charge is 2.54. The van der Waals surface area contributed by atoms with Crippen LogP contribution in [0.25, 0.3) is 0 Å². The first kappa shape index (κ1) is 11.3. The normalized spacial score (nSPS) is 47.8. The van der Waals surface area contributed by atoms with Crippen molar-refractivity contribution in [1.29, 1.82) is 0 Å². The van der Waals surface area contributed by atoms with Gasteiger partial charge in [-0.05, 0) is 6.92 Å². The average molecular weight is 332 g/mol. The number of alkyl halides is 2. The van der Waals surface area contributed by atoms with Crippen molar-refractivity contribution < 1.29 is 18.9 Å². The van der Waals surface area contributed by atoms with Crippen LogP contribution in [0.15, 0.2) is 0 Å². The van der Waals surface area contributed by atoms with E-state index >= 15 is 0 Å². The zero-order valence-corrected chi connectivity index (χ0v) is 10.9. The molecule has 2 rings (SSSR count). The zero-order chi connectivity index (χ0) is 10.2. The zero-order valence-electron chi connectivity index (χ0n) is 7.74. The van der Waals surface area contributed by atoms with Gasteiger partial charge in [0.25, 0.3) is 0 Å². The Hall–Kier alpha value is 0.800. The third kappa shape index (κ3) is 2.01. The van der Waals surface area contributed by atoms with Crippen LogP contribution in [0, 0.1) is 0 Å². The monoisotopic (exact) mass is 330 g/mol. The van der Waals surface area contributed by atoms with E-state index < -0.39 is 6.16 Å². The van der Waals surface area contributed by atoms with Crippen LogP contribution in [0.3, 0.4) is 0 Å². The van der Waals surface area contributed by atoms with Gasteiger partial charge >= 0.3 is 6.16 Å². The van der Waals surface area contributed by atoms with E-state index in [2.05, 4.69) is 31.9 Å². The van der Waals surface area contributed by atoms with Gasteiger partial charge in [0.2, 0.25) is 0 Å². The number of halogens is 2. The molecule has 0 aromatic rings. The van der Waals surface area contributed by atoms with E-state index in [0.717, 1.165) is 0 Å². The minimum atomic E-state index is -1.25. The molecule has 2 fully saturated rings. The highest BCUT2D eigenvalue weighted by Crippen LogP contribution is 2.37. The highest BCUT2D eigenvalue weighted by molar-refractivity contribution is 9.09. The molecule has 0 aliphatic carbocycles. The second kappa shape index (κ2) is 4.35. The number of hydrogen-bond donors (Lipinski definition) is 0. The summed E-state index contributed by atoms with van der Waals surface area (Å²) in [5.41, 5.74) is 0. The van der Waals surface area contributed by atoms with Gasteiger partial charge in [0.05, 0.1) is 12.7 Å². The maximum absolute atomic E-state index is 5.59. The van der Waals surface area contributed by atoms with E-state index in [1.165, 1.54) is 0 Å². The predicted octanol–water partition coefficient (Wildman–Crippen LogP) is 1.61. The maximum Gasteiger partial charge on any atom is 0.413 e. The molecular formula is C8H12Br2O4. The van der Waals surface area contributed by atoms with E-state index in [-0.39, 0.29) is 18.3 Å². The fraction of sp³-hybridized carbons (Fsp3) is 1.00. The van der Waals surface area contributed by atoms with Crippen molar-refractivity contribution in [2.45, 2.75) is 31.4 Å². The van der Waals surface area contributed by atoms with Crippen molar-refractivity contribution >= 4 is 31.9 Å². The standard InChI is InChI=1S/C8H12Br2O4/c1-5-4-11-8(12-5)13-6(2-9)7(3-10)14-8/h5-7H,2-4H2,1H3. The van der Waals surface area contributed by atoms with Crippen molar-refractivity contribution in [3.8, 4) is 0 Å². The lowest BCUT2D eigenvalue weighted by atomic mass is 10.3. The molecule has 2 aliphatic heterocycles. The first-order chi connectivity index (χ1) is 6.69. The van der Waals surface area contributed by atoms with Crippen molar-refractivity contribution in [3.63, 3.8) is 0 Å². The quantitative estimate of drug-likeness (QED) is 0.720. The molecule has 2 heterocycles. The minimum Gasteiger partial charge on any atom is -0.301 e. The van der Waals surface area contributed by atoms with Crippen LogP contribution in [-0.4, -0.2) is 41.7 Å². The van der Waals surface area contributed by atoms with Gasteiger partial charge in [-0.25, -0.2) is 0 Å². The molecule has 6 heteroatoms. The second-order valence-corrected chi connectivity index (χ2v) is 4.66. The molecule has 0 N–H and O–H groups in total. The largest absolute Gasteiger partial charge is 0.413 e. The molecule has 2 aliphatic rings. The maximum atomic E-state index is 5.59. The summed E-state index contributed by atoms with van der Waals surface area (Å²) in [7, 11) is 0. The van der Waals surface area contributed by atoms with Crippen LogP contribution in [-0.2, 0) is 18.9 Å². The molecule has 0 saturated carbocycles. The third-order valence-electron chi connectivity index (χ3n) is 2.15. The molecule has 0 bridgehead atoms. The van der Waals surface area contributed by atoms with Gasteiger partial charge in [-0.15, -0.1) is 0 Å². The minimum absolute atomic E-state index is 0.0139. The Balaban J connectivity index is 2.03. The molecule has 2 saturated heterocycles. The van der Waals surface area contributed by atoms with E-state index in [0.29, 0.717) is 17.3 Å². The molecular weight excluding hydrogens is 320 g/mol. The van der Waals surface area contributed by atoms with Gasteiger partial charge in [0, 0.05) is 10.7 Å². The fourth-order valence-electron chi connectivity index (χ4n) is 1.47. The number of ether oxygens (including phenoxy) is 4. The summed E-state index contributed by atoms with van der Waals surface area (Å²) in [5, 5.41) is 1.40.